The Morgan fingerprint density at radius 1 is 0.875 bits per heavy atom. The van der Waals surface area contributed by atoms with Crippen LogP contribution in [0.2, 0.25) is 0 Å². The average molecular weight is 468 g/mol. The Bertz CT molecular complexity index is 540. The van der Waals surface area contributed by atoms with Gasteiger partial charge in [0.2, 0.25) is 0 Å². The zero-order valence-corrected chi connectivity index (χ0v) is 23.2. The molecule has 5 heteroatoms. The Balaban J connectivity index is 2.36. The van der Waals surface area contributed by atoms with Crippen molar-refractivity contribution >= 4 is 17.0 Å². The average Bonchev–Trinajstić information content (AvgIpc) is 2.70. The maximum Gasteiger partial charge on any atom is 0.280 e. The maximum absolute atomic E-state index is 12.7. The van der Waals surface area contributed by atoms with E-state index < -0.39 is 5.66 Å². The third kappa shape index (κ3) is 13.2. The number of unbranched alkanes of at least 4 members (excludes halogenated alkanes) is 9. The first-order valence-corrected chi connectivity index (χ1v) is 14.3. The van der Waals surface area contributed by atoms with E-state index in [0.29, 0.717) is 11.3 Å². The standard InChI is InChI=1S/C27H53N3OS/c1-8-9-10-11-12-13-14-15-16-17-22-32-24(31)28-27(30-29-26(5,6)7)20-18-23(19-21-27)25(2,3)4/h23H,8-22H2,1-7H3,(H,28,31). The van der Waals surface area contributed by atoms with Crippen LogP contribution in [0.15, 0.2) is 10.2 Å². The molecule has 0 aromatic heterocycles. The van der Waals surface area contributed by atoms with E-state index in [-0.39, 0.29) is 10.8 Å². The van der Waals surface area contributed by atoms with Crippen molar-refractivity contribution in [1.82, 2.24) is 5.32 Å². The van der Waals surface area contributed by atoms with E-state index >= 15 is 0 Å². The number of amides is 1. The lowest BCUT2D eigenvalue weighted by Gasteiger charge is -2.41. The summed E-state index contributed by atoms with van der Waals surface area (Å²) in [5, 5.41) is 12.6. The number of thioether (sulfide) groups is 1. The number of carbonyl (C=O) groups is 1. The van der Waals surface area contributed by atoms with Crippen molar-refractivity contribution in [3.05, 3.63) is 0 Å². The van der Waals surface area contributed by atoms with Crippen molar-refractivity contribution < 1.29 is 4.79 Å². The minimum absolute atomic E-state index is 0.0722. The maximum atomic E-state index is 12.7. The van der Waals surface area contributed by atoms with Crippen LogP contribution in [0.25, 0.3) is 0 Å². The van der Waals surface area contributed by atoms with E-state index in [4.69, 9.17) is 5.11 Å². The molecule has 0 aromatic rings. The molecular weight excluding hydrogens is 414 g/mol. The lowest BCUT2D eigenvalue weighted by molar-refractivity contribution is 0.119. The molecule has 1 fully saturated rings. The second-order valence-electron chi connectivity index (χ2n) is 12.0. The van der Waals surface area contributed by atoms with E-state index in [2.05, 4.69) is 58.9 Å². The van der Waals surface area contributed by atoms with Gasteiger partial charge < -0.3 is 5.32 Å². The predicted molar refractivity (Wildman–Crippen MR) is 142 cm³/mol. The zero-order valence-electron chi connectivity index (χ0n) is 22.4. The summed E-state index contributed by atoms with van der Waals surface area (Å²) in [4.78, 5) is 12.7. The van der Waals surface area contributed by atoms with Gasteiger partial charge in [-0.15, -0.1) is 0 Å². The molecule has 32 heavy (non-hydrogen) atoms. The van der Waals surface area contributed by atoms with Gasteiger partial charge in [-0.25, -0.2) is 0 Å². The molecule has 0 spiro atoms. The van der Waals surface area contributed by atoms with Gasteiger partial charge in [0.05, 0.1) is 5.54 Å². The molecule has 0 atom stereocenters. The fourth-order valence-corrected chi connectivity index (χ4v) is 5.23. The molecule has 1 rings (SSSR count). The van der Waals surface area contributed by atoms with E-state index in [1.165, 1.54) is 69.5 Å². The molecule has 0 aliphatic heterocycles. The Hall–Kier alpha value is -0.580. The van der Waals surface area contributed by atoms with Crippen molar-refractivity contribution in [3.8, 4) is 0 Å². The van der Waals surface area contributed by atoms with Gasteiger partial charge in [-0.2, -0.15) is 10.2 Å². The Morgan fingerprint density at radius 2 is 1.38 bits per heavy atom. The van der Waals surface area contributed by atoms with Gasteiger partial charge in [0.25, 0.3) is 5.24 Å². The highest BCUT2D eigenvalue weighted by molar-refractivity contribution is 8.13. The van der Waals surface area contributed by atoms with Crippen LogP contribution < -0.4 is 5.32 Å². The molecule has 0 bridgehead atoms. The fourth-order valence-electron chi connectivity index (χ4n) is 4.44. The second kappa shape index (κ2) is 14.6. The molecule has 0 saturated heterocycles. The fraction of sp³-hybridized carbons (Fsp3) is 0.963. The minimum Gasteiger partial charge on any atom is -0.321 e. The molecule has 4 nitrogen and oxygen atoms in total. The largest absolute Gasteiger partial charge is 0.321 e. The minimum atomic E-state index is -0.517. The van der Waals surface area contributed by atoms with Crippen LogP contribution in [-0.4, -0.2) is 22.2 Å². The van der Waals surface area contributed by atoms with Crippen LogP contribution in [0.5, 0.6) is 0 Å². The van der Waals surface area contributed by atoms with Gasteiger partial charge in [0.15, 0.2) is 5.66 Å². The van der Waals surface area contributed by atoms with Gasteiger partial charge in [-0.1, -0.05) is 97.2 Å². The van der Waals surface area contributed by atoms with Gasteiger partial charge in [-0.3, -0.25) is 4.79 Å². The molecule has 0 heterocycles. The van der Waals surface area contributed by atoms with Crippen molar-refractivity contribution in [2.24, 2.45) is 21.6 Å². The Kier molecular flexibility index (Phi) is 13.5. The quantitative estimate of drug-likeness (QED) is 0.216. The highest BCUT2D eigenvalue weighted by Gasteiger charge is 2.40. The summed E-state index contributed by atoms with van der Waals surface area (Å²) in [6, 6.07) is 0. The summed E-state index contributed by atoms with van der Waals surface area (Å²) >= 11 is 1.43. The van der Waals surface area contributed by atoms with Crippen LogP contribution in [-0.2, 0) is 0 Å². The number of rotatable bonds is 13. The van der Waals surface area contributed by atoms with Gasteiger partial charge >= 0.3 is 0 Å². The lowest BCUT2D eigenvalue weighted by Crippen LogP contribution is -2.49. The number of hydrogen-bond donors (Lipinski definition) is 1. The van der Waals surface area contributed by atoms with Gasteiger partial charge in [0.1, 0.15) is 0 Å². The van der Waals surface area contributed by atoms with Crippen molar-refractivity contribution in [3.63, 3.8) is 0 Å². The van der Waals surface area contributed by atoms with Crippen molar-refractivity contribution in [2.45, 2.75) is 150 Å². The second-order valence-corrected chi connectivity index (χ2v) is 13.1. The van der Waals surface area contributed by atoms with E-state index in [1.54, 1.807) is 0 Å². The van der Waals surface area contributed by atoms with E-state index in [1.807, 2.05) is 0 Å². The normalized spacial score (nSPS) is 22.4. The Labute approximate surface area is 204 Å². The summed E-state index contributed by atoms with van der Waals surface area (Å²) in [5.41, 5.74) is -0.430. The highest BCUT2D eigenvalue weighted by atomic mass is 32.2. The molecule has 1 aliphatic carbocycles. The number of nitrogens with zero attached hydrogens (tertiary/aromatic N) is 2. The molecule has 0 unspecified atom stereocenters. The molecule has 1 aliphatic rings. The predicted octanol–water partition coefficient (Wildman–Crippen LogP) is 9.53. The Morgan fingerprint density at radius 3 is 1.84 bits per heavy atom. The number of carbonyl (C=O) groups excluding carboxylic acids is 1. The first-order chi connectivity index (χ1) is 15.0. The molecular formula is C27H53N3OS. The first kappa shape index (κ1) is 29.5. The summed E-state index contributed by atoms with van der Waals surface area (Å²) in [7, 11) is 0. The van der Waals surface area contributed by atoms with E-state index in [9.17, 15) is 4.79 Å². The van der Waals surface area contributed by atoms with Crippen molar-refractivity contribution in [2.75, 3.05) is 5.75 Å². The third-order valence-corrected chi connectivity index (χ3v) is 7.50. The van der Waals surface area contributed by atoms with E-state index in [0.717, 1.165) is 37.9 Å². The van der Waals surface area contributed by atoms with Crippen LogP contribution >= 0.6 is 11.8 Å². The van der Waals surface area contributed by atoms with Crippen LogP contribution in [0.4, 0.5) is 4.79 Å². The summed E-state index contributed by atoms with van der Waals surface area (Å²) < 4.78 is 0. The van der Waals surface area contributed by atoms with Crippen LogP contribution in [0.3, 0.4) is 0 Å². The van der Waals surface area contributed by atoms with Crippen LogP contribution in [0.1, 0.15) is 138 Å². The third-order valence-electron chi connectivity index (χ3n) is 6.64. The number of nitrogens with one attached hydrogen (secondary N) is 1. The summed E-state index contributed by atoms with van der Waals surface area (Å²) in [6.45, 7) is 15.4. The first-order valence-electron chi connectivity index (χ1n) is 13.4. The van der Waals surface area contributed by atoms with Gasteiger partial charge in [-0.05, 0) is 64.2 Å². The molecule has 0 aromatic carbocycles. The SMILES string of the molecule is CCCCCCCCCCCCSC(=O)NC1(N=NC(C)(C)C)CCC(C(C)(C)C)CC1. The summed E-state index contributed by atoms with van der Waals surface area (Å²) in [6.07, 6.45) is 17.2. The topological polar surface area (TPSA) is 53.8 Å². The zero-order chi connectivity index (χ0) is 24.1. The molecule has 0 radical (unpaired) electrons. The highest BCUT2D eigenvalue weighted by Crippen LogP contribution is 2.42. The summed E-state index contributed by atoms with van der Waals surface area (Å²) in [5.74, 6) is 1.58. The molecule has 1 amide bonds. The van der Waals surface area contributed by atoms with Gasteiger partial charge in [0, 0.05) is 5.75 Å². The van der Waals surface area contributed by atoms with Crippen LogP contribution in [0, 0.1) is 11.3 Å². The molecule has 1 saturated carbocycles. The number of hydrogen-bond acceptors (Lipinski definition) is 4. The lowest BCUT2D eigenvalue weighted by atomic mass is 9.70. The molecule has 188 valence electrons. The smallest absolute Gasteiger partial charge is 0.280 e. The number of azo groups is 1. The van der Waals surface area contributed by atoms with Crippen molar-refractivity contribution in [1.29, 1.82) is 0 Å². The monoisotopic (exact) mass is 467 g/mol. The molecule has 1 N–H and O–H groups in total.